The zero-order valence-corrected chi connectivity index (χ0v) is 18.1. The van der Waals surface area contributed by atoms with Crippen LogP contribution in [0.5, 0.6) is 0 Å². The van der Waals surface area contributed by atoms with Crippen molar-refractivity contribution in [2.24, 2.45) is 0 Å². The van der Waals surface area contributed by atoms with Gasteiger partial charge in [0.1, 0.15) is 17.8 Å². The molecule has 2 aromatic carbocycles. The van der Waals surface area contributed by atoms with Crippen molar-refractivity contribution in [1.82, 2.24) is 19.9 Å². The Morgan fingerprint density at radius 3 is 2.69 bits per heavy atom. The number of aliphatic hydroxyl groups is 1. The van der Waals surface area contributed by atoms with E-state index in [9.17, 15) is 9.90 Å². The van der Waals surface area contributed by atoms with Crippen molar-refractivity contribution in [2.45, 2.75) is 13.0 Å². The molecule has 8 heteroatoms. The Morgan fingerprint density at radius 2 is 1.94 bits per heavy atom. The zero-order valence-electron chi connectivity index (χ0n) is 17.4. The Balaban J connectivity index is 1.53. The van der Waals surface area contributed by atoms with E-state index in [1.165, 1.54) is 0 Å². The van der Waals surface area contributed by atoms with Crippen LogP contribution in [0.4, 0.5) is 11.5 Å². The van der Waals surface area contributed by atoms with Gasteiger partial charge in [0.2, 0.25) is 0 Å². The molecule has 0 saturated heterocycles. The first-order valence-electron chi connectivity index (χ1n) is 10.0. The average Bonchev–Trinajstić information content (AvgIpc) is 3.29. The van der Waals surface area contributed by atoms with E-state index in [2.05, 4.69) is 20.6 Å². The van der Waals surface area contributed by atoms with Crippen LogP contribution in [0.3, 0.4) is 0 Å². The summed E-state index contributed by atoms with van der Waals surface area (Å²) in [5.74, 6) is 0.287. The number of anilines is 2. The molecule has 2 aromatic heterocycles. The van der Waals surface area contributed by atoms with Gasteiger partial charge in [-0.2, -0.15) is 0 Å². The second-order valence-corrected chi connectivity index (χ2v) is 7.71. The highest BCUT2D eigenvalue weighted by Gasteiger charge is 2.18. The summed E-state index contributed by atoms with van der Waals surface area (Å²) in [6.45, 7) is 1.68. The SMILES string of the molecule is Cc1cnc(Nc2ccccc2)cc1-n1cnc(C(=O)NC(CO)c2cccc(Cl)c2)c1. The number of para-hydroxylation sites is 1. The number of pyridine rings is 1. The van der Waals surface area contributed by atoms with Gasteiger partial charge in [0.05, 0.1) is 18.3 Å². The molecule has 0 aliphatic carbocycles. The monoisotopic (exact) mass is 447 g/mol. The number of benzene rings is 2. The summed E-state index contributed by atoms with van der Waals surface area (Å²) in [7, 11) is 0. The lowest BCUT2D eigenvalue weighted by atomic mass is 10.1. The van der Waals surface area contributed by atoms with Crippen LogP contribution in [0.1, 0.15) is 27.7 Å². The number of imidazole rings is 1. The van der Waals surface area contributed by atoms with Crippen molar-refractivity contribution in [3.63, 3.8) is 0 Å². The number of aryl methyl sites for hydroxylation is 1. The summed E-state index contributed by atoms with van der Waals surface area (Å²) in [6.07, 6.45) is 4.99. The maximum absolute atomic E-state index is 12.8. The van der Waals surface area contributed by atoms with Crippen LogP contribution >= 0.6 is 11.6 Å². The largest absolute Gasteiger partial charge is 0.394 e. The van der Waals surface area contributed by atoms with E-state index < -0.39 is 11.9 Å². The first kappa shape index (κ1) is 21.5. The Kier molecular flexibility index (Phi) is 6.49. The minimum Gasteiger partial charge on any atom is -0.394 e. The van der Waals surface area contributed by atoms with Gasteiger partial charge in [-0.1, -0.05) is 41.9 Å². The summed E-state index contributed by atoms with van der Waals surface area (Å²) in [6, 6.07) is 18.1. The Morgan fingerprint density at radius 1 is 1.12 bits per heavy atom. The molecule has 4 aromatic rings. The lowest BCUT2D eigenvalue weighted by Crippen LogP contribution is -2.31. The van der Waals surface area contributed by atoms with E-state index in [0.717, 1.165) is 22.5 Å². The molecule has 1 amide bonds. The van der Waals surface area contributed by atoms with Crippen molar-refractivity contribution < 1.29 is 9.90 Å². The van der Waals surface area contributed by atoms with Gasteiger partial charge >= 0.3 is 0 Å². The van der Waals surface area contributed by atoms with Crippen LogP contribution in [0.2, 0.25) is 5.02 Å². The number of carbonyl (C=O) groups is 1. The second-order valence-electron chi connectivity index (χ2n) is 7.28. The molecule has 162 valence electrons. The van der Waals surface area contributed by atoms with E-state index in [4.69, 9.17) is 11.6 Å². The molecule has 0 bridgehead atoms. The summed E-state index contributed by atoms with van der Waals surface area (Å²) in [5, 5.41) is 16.3. The lowest BCUT2D eigenvalue weighted by molar-refractivity contribution is 0.0911. The summed E-state index contributed by atoms with van der Waals surface area (Å²) >= 11 is 6.03. The normalized spacial score (nSPS) is 11.7. The first-order chi connectivity index (χ1) is 15.5. The highest BCUT2D eigenvalue weighted by atomic mass is 35.5. The van der Waals surface area contributed by atoms with Crippen molar-refractivity contribution in [3.8, 4) is 5.69 Å². The predicted octanol–water partition coefficient (Wildman–Crippen LogP) is 4.44. The Hall–Kier alpha value is -3.68. The van der Waals surface area contributed by atoms with Gasteiger partial charge in [-0.15, -0.1) is 0 Å². The van der Waals surface area contributed by atoms with E-state index in [0.29, 0.717) is 10.8 Å². The molecule has 0 aliphatic rings. The van der Waals surface area contributed by atoms with E-state index >= 15 is 0 Å². The third-order valence-electron chi connectivity index (χ3n) is 4.95. The Labute approximate surface area is 190 Å². The molecule has 0 fully saturated rings. The predicted molar refractivity (Wildman–Crippen MR) is 125 cm³/mol. The third kappa shape index (κ3) is 4.96. The molecule has 0 aliphatic heterocycles. The van der Waals surface area contributed by atoms with Crippen molar-refractivity contribution in [1.29, 1.82) is 0 Å². The summed E-state index contributed by atoms with van der Waals surface area (Å²) in [5.41, 5.74) is 3.66. The quantitative estimate of drug-likeness (QED) is 0.389. The fourth-order valence-corrected chi connectivity index (χ4v) is 3.49. The number of rotatable bonds is 7. The molecule has 1 unspecified atom stereocenters. The third-order valence-corrected chi connectivity index (χ3v) is 5.19. The molecule has 32 heavy (non-hydrogen) atoms. The van der Waals surface area contributed by atoms with Gasteiger partial charge in [0, 0.05) is 29.2 Å². The highest BCUT2D eigenvalue weighted by Crippen LogP contribution is 2.21. The number of hydrogen-bond acceptors (Lipinski definition) is 5. The maximum atomic E-state index is 12.8. The topological polar surface area (TPSA) is 92.1 Å². The van der Waals surface area contributed by atoms with Gasteiger partial charge in [0.25, 0.3) is 5.91 Å². The maximum Gasteiger partial charge on any atom is 0.272 e. The fourth-order valence-electron chi connectivity index (χ4n) is 3.29. The average molecular weight is 448 g/mol. The van der Waals surface area contributed by atoms with E-state index in [1.807, 2.05) is 43.3 Å². The number of aromatic nitrogens is 3. The number of amides is 1. The highest BCUT2D eigenvalue weighted by molar-refractivity contribution is 6.30. The van der Waals surface area contributed by atoms with Gasteiger partial charge in [-0.25, -0.2) is 9.97 Å². The van der Waals surface area contributed by atoms with Gasteiger partial charge in [0.15, 0.2) is 0 Å². The number of nitrogens with zero attached hydrogens (tertiary/aromatic N) is 3. The second kappa shape index (κ2) is 9.64. The molecule has 7 nitrogen and oxygen atoms in total. The fraction of sp³-hybridized carbons (Fsp3) is 0.125. The lowest BCUT2D eigenvalue weighted by Gasteiger charge is -2.16. The molecule has 4 rings (SSSR count). The minimum atomic E-state index is -0.587. The van der Waals surface area contributed by atoms with E-state index in [-0.39, 0.29) is 12.3 Å². The Bertz CT molecular complexity index is 1230. The van der Waals surface area contributed by atoms with Crippen LogP contribution in [-0.2, 0) is 0 Å². The van der Waals surface area contributed by atoms with E-state index in [1.54, 1.807) is 47.6 Å². The van der Waals surface area contributed by atoms with Crippen LogP contribution in [0.25, 0.3) is 5.69 Å². The summed E-state index contributed by atoms with van der Waals surface area (Å²) < 4.78 is 1.77. The molecular formula is C24H22ClN5O2. The minimum absolute atomic E-state index is 0.235. The zero-order chi connectivity index (χ0) is 22.5. The van der Waals surface area contributed by atoms with Crippen LogP contribution < -0.4 is 10.6 Å². The molecule has 2 heterocycles. The van der Waals surface area contributed by atoms with Crippen molar-refractivity contribution in [2.75, 3.05) is 11.9 Å². The molecule has 3 N–H and O–H groups in total. The van der Waals surface area contributed by atoms with Crippen molar-refractivity contribution in [3.05, 3.63) is 101 Å². The van der Waals surface area contributed by atoms with Crippen LogP contribution in [0.15, 0.2) is 79.4 Å². The smallest absolute Gasteiger partial charge is 0.272 e. The number of aliphatic hydroxyl groups excluding tert-OH is 1. The van der Waals surface area contributed by atoms with Gasteiger partial charge < -0.3 is 20.3 Å². The van der Waals surface area contributed by atoms with Gasteiger partial charge in [-0.3, -0.25) is 4.79 Å². The van der Waals surface area contributed by atoms with Gasteiger partial charge in [-0.05, 0) is 42.3 Å². The van der Waals surface area contributed by atoms with Crippen LogP contribution in [-0.4, -0.2) is 32.2 Å². The first-order valence-corrected chi connectivity index (χ1v) is 10.4. The number of carbonyl (C=O) groups excluding carboxylic acids is 1. The van der Waals surface area contributed by atoms with Crippen molar-refractivity contribution >= 4 is 29.0 Å². The number of nitrogens with one attached hydrogen (secondary N) is 2. The molecule has 0 spiro atoms. The summed E-state index contributed by atoms with van der Waals surface area (Å²) in [4.78, 5) is 21.4. The number of halogens is 1. The molecule has 0 saturated carbocycles. The standard InChI is InChI=1S/C24H22ClN5O2/c1-16-12-26-23(28-19-8-3-2-4-9-19)11-22(16)30-13-20(27-15-30)24(32)29-21(14-31)17-6-5-7-18(25)10-17/h2-13,15,21,31H,14H2,1H3,(H,26,28)(H,29,32). The number of hydrogen-bond donors (Lipinski definition) is 3. The van der Waals surface area contributed by atoms with Crippen LogP contribution in [0, 0.1) is 6.92 Å². The molecular weight excluding hydrogens is 426 g/mol. The molecule has 0 radical (unpaired) electrons. The molecule has 1 atom stereocenters.